The van der Waals surface area contributed by atoms with E-state index in [0.29, 0.717) is 17.6 Å². The minimum absolute atomic E-state index is 0.00835. The third-order valence-electron chi connectivity index (χ3n) is 8.19. The van der Waals surface area contributed by atoms with Crippen LogP contribution in [-0.2, 0) is 4.79 Å². The van der Waals surface area contributed by atoms with Crippen LogP contribution in [0, 0.1) is 5.92 Å². The number of carbonyl (C=O) groups is 1. The molecule has 3 aromatic rings. The number of rotatable bonds is 10. The zero-order chi connectivity index (χ0) is 27.7. The average Bonchev–Trinajstić information content (AvgIpc) is 3.63. The molecule has 206 valence electrons. The van der Waals surface area contributed by atoms with E-state index in [9.17, 15) is 9.59 Å². The lowest BCUT2D eigenvalue weighted by Crippen LogP contribution is -2.38. The first-order valence-electron chi connectivity index (χ1n) is 14.0. The standard InChI is InChI=1S/C30H39N7O2/c1-6-27(38)35(5)25-13-14-36(18-25)26(15-21-7-8-21)23-11-9-22(10-12-23)20(4)33-29-31-16-24-17-32-30(39)37(19(2)3)28(24)34-29/h6,9-12,16-17,19-21,25-26H,1,7-8,13-15,18H2,2-5H3,(H,31,33,34)/t20-,25+,26?/m0/s1. The van der Waals surface area contributed by atoms with Crippen LogP contribution in [0.3, 0.4) is 0 Å². The summed E-state index contributed by atoms with van der Waals surface area (Å²) >= 11 is 0. The quantitative estimate of drug-likeness (QED) is 0.386. The molecule has 2 fully saturated rings. The summed E-state index contributed by atoms with van der Waals surface area (Å²) in [7, 11) is 1.88. The number of amides is 1. The van der Waals surface area contributed by atoms with Gasteiger partial charge in [-0.25, -0.2) is 14.8 Å². The molecule has 1 saturated carbocycles. The van der Waals surface area contributed by atoms with Gasteiger partial charge >= 0.3 is 5.69 Å². The number of nitrogens with zero attached hydrogens (tertiary/aromatic N) is 6. The third kappa shape index (κ3) is 5.88. The zero-order valence-corrected chi connectivity index (χ0v) is 23.4. The van der Waals surface area contributed by atoms with Gasteiger partial charge in [-0.2, -0.15) is 4.98 Å². The van der Waals surface area contributed by atoms with Crippen molar-refractivity contribution in [3.05, 3.63) is 70.9 Å². The number of hydrogen-bond donors (Lipinski definition) is 1. The second kappa shape index (κ2) is 11.3. The maximum absolute atomic E-state index is 12.3. The van der Waals surface area contributed by atoms with E-state index in [2.05, 4.69) is 62.9 Å². The van der Waals surface area contributed by atoms with E-state index in [1.807, 2.05) is 25.8 Å². The van der Waals surface area contributed by atoms with Crippen molar-refractivity contribution in [2.45, 2.75) is 70.6 Å². The molecule has 2 aliphatic rings. The number of fused-ring (bicyclic) bond motifs is 1. The molecule has 0 radical (unpaired) electrons. The number of anilines is 1. The molecule has 1 amide bonds. The first-order valence-corrected chi connectivity index (χ1v) is 14.0. The number of aromatic nitrogens is 4. The van der Waals surface area contributed by atoms with E-state index in [0.717, 1.165) is 42.8 Å². The van der Waals surface area contributed by atoms with E-state index in [1.165, 1.54) is 30.7 Å². The molecule has 39 heavy (non-hydrogen) atoms. The highest BCUT2D eigenvalue weighted by Crippen LogP contribution is 2.41. The normalized spacial score (nSPS) is 19.3. The number of likely N-dealkylation sites (tertiary alicyclic amines) is 1. The minimum Gasteiger partial charge on any atom is -0.348 e. The van der Waals surface area contributed by atoms with Crippen LogP contribution in [0.4, 0.5) is 5.95 Å². The molecule has 1 aliphatic heterocycles. The first-order chi connectivity index (χ1) is 18.7. The van der Waals surface area contributed by atoms with Crippen LogP contribution in [0.25, 0.3) is 11.0 Å². The number of nitrogens with one attached hydrogen (secondary N) is 1. The maximum Gasteiger partial charge on any atom is 0.349 e. The predicted molar refractivity (Wildman–Crippen MR) is 153 cm³/mol. The van der Waals surface area contributed by atoms with Crippen LogP contribution in [0.15, 0.2) is 54.1 Å². The molecule has 5 rings (SSSR count). The molecular weight excluding hydrogens is 490 g/mol. The molecule has 3 heterocycles. The molecule has 0 spiro atoms. The highest BCUT2D eigenvalue weighted by Gasteiger charge is 2.35. The highest BCUT2D eigenvalue weighted by molar-refractivity contribution is 5.87. The fourth-order valence-corrected chi connectivity index (χ4v) is 5.62. The van der Waals surface area contributed by atoms with Gasteiger partial charge in [-0.15, -0.1) is 0 Å². The number of benzene rings is 1. The van der Waals surface area contributed by atoms with Gasteiger partial charge in [0.1, 0.15) is 0 Å². The summed E-state index contributed by atoms with van der Waals surface area (Å²) in [5.41, 5.74) is 2.73. The van der Waals surface area contributed by atoms with Crippen LogP contribution < -0.4 is 11.0 Å². The van der Waals surface area contributed by atoms with Gasteiger partial charge in [-0.05, 0) is 56.7 Å². The lowest BCUT2D eigenvalue weighted by molar-refractivity contribution is -0.126. The Bertz CT molecular complexity index is 1400. The Balaban J connectivity index is 1.31. The van der Waals surface area contributed by atoms with E-state index in [4.69, 9.17) is 0 Å². The smallest absolute Gasteiger partial charge is 0.348 e. The Morgan fingerprint density at radius 2 is 1.82 bits per heavy atom. The van der Waals surface area contributed by atoms with E-state index in [-0.39, 0.29) is 29.7 Å². The summed E-state index contributed by atoms with van der Waals surface area (Å²) in [4.78, 5) is 41.9. The molecule has 1 N–H and O–H groups in total. The van der Waals surface area contributed by atoms with Crippen LogP contribution in [0.2, 0.25) is 0 Å². The fourth-order valence-electron chi connectivity index (χ4n) is 5.62. The van der Waals surface area contributed by atoms with Crippen molar-refractivity contribution in [1.82, 2.24) is 29.3 Å². The molecule has 9 heteroatoms. The van der Waals surface area contributed by atoms with Gasteiger partial charge in [0, 0.05) is 50.7 Å². The summed E-state index contributed by atoms with van der Waals surface area (Å²) in [6.45, 7) is 11.5. The molecule has 1 saturated heterocycles. The Labute approximate surface area is 230 Å². The van der Waals surface area contributed by atoms with Gasteiger partial charge in [0.05, 0.1) is 11.4 Å². The summed E-state index contributed by atoms with van der Waals surface area (Å²) in [6.07, 6.45) is 9.42. The van der Waals surface area contributed by atoms with Crippen molar-refractivity contribution < 1.29 is 4.79 Å². The number of hydrogen-bond acceptors (Lipinski definition) is 7. The summed E-state index contributed by atoms with van der Waals surface area (Å²) < 4.78 is 1.59. The van der Waals surface area contributed by atoms with Gasteiger partial charge in [0.15, 0.2) is 5.65 Å². The molecule has 1 unspecified atom stereocenters. The molecule has 3 atom stereocenters. The van der Waals surface area contributed by atoms with Crippen molar-refractivity contribution in [1.29, 1.82) is 0 Å². The molecular formula is C30H39N7O2. The summed E-state index contributed by atoms with van der Waals surface area (Å²) in [5.74, 6) is 1.27. The second-order valence-electron chi connectivity index (χ2n) is 11.3. The minimum atomic E-state index is -0.310. The SMILES string of the molecule is C=CC(=O)N(C)[C@@H]1CCN(C(CC2CC2)c2ccc([C@H](C)Nc3ncc4cnc(=O)n(C(C)C)c4n3)cc2)C1. The summed E-state index contributed by atoms with van der Waals surface area (Å²) in [6, 6.07) is 9.37. The third-order valence-corrected chi connectivity index (χ3v) is 8.19. The molecule has 2 aromatic heterocycles. The number of carbonyl (C=O) groups excluding carboxylic acids is 1. The van der Waals surface area contributed by atoms with Crippen LogP contribution in [-0.4, -0.2) is 61.4 Å². The predicted octanol–water partition coefficient (Wildman–Crippen LogP) is 4.50. The van der Waals surface area contributed by atoms with Crippen LogP contribution >= 0.6 is 0 Å². The van der Waals surface area contributed by atoms with Crippen molar-refractivity contribution in [3.8, 4) is 0 Å². The van der Waals surface area contributed by atoms with Gasteiger partial charge in [0.25, 0.3) is 0 Å². The summed E-state index contributed by atoms with van der Waals surface area (Å²) in [5, 5.41) is 4.14. The average molecular weight is 530 g/mol. The number of likely N-dealkylation sites (N-methyl/N-ethyl adjacent to an activating group) is 1. The molecule has 0 bridgehead atoms. The Kier molecular flexibility index (Phi) is 7.79. The molecule has 1 aromatic carbocycles. The monoisotopic (exact) mass is 529 g/mol. The molecule has 1 aliphatic carbocycles. The molecule has 9 nitrogen and oxygen atoms in total. The Morgan fingerprint density at radius 3 is 2.49 bits per heavy atom. The van der Waals surface area contributed by atoms with Gasteiger partial charge in [-0.1, -0.05) is 43.7 Å². The van der Waals surface area contributed by atoms with Crippen molar-refractivity contribution in [2.24, 2.45) is 5.92 Å². The van der Waals surface area contributed by atoms with E-state index < -0.39 is 0 Å². The van der Waals surface area contributed by atoms with Gasteiger partial charge < -0.3 is 10.2 Å². The van der Waals surface area contributed by atoms with Gasteiger partial charge in [-0.3, -0.25) is 14.3 Å². The van der Waals surface area contributed by atoms with Crippen molar-refractivity contribution in [3.63, 3.8) is 0 Å². The topological polar surface area (TPSA) is 96.3 Å². The second-order valence-corrected chi connectivity index (χ2v) is 11.3. The Morgan fingerprint density at radius 1 is 1.13 bits per heavy atom. The largest absolute Gasteiger partial charge is 0.349 e. The van der Waals surface area contributed by atoms with E-state index >= 15 is 0 Å². The lowest BCUT2D eigenvalue weighted by atomic mass is 9.97. The van der Waals surface area contributed by atoms with Crippen LogP contribution in [0.1, 0.15) is 75.7 Å². The Hall–Kier alpha value is -3.59. The van der Waals surface area contributed by atoms with Crippen molar-refractivity contribution >= 4 is 22.9 Å². The fraction of sp³-hybridized carbons (Fsp3) is 0.500. The lowest BCUT2D eigenvalue weighted by Gasteiger charge is -2.30. The maximum atomic E-state index is 12.3. The first kappa shape index (κ1) is 27.0. The van der Waals surface area contributed by atoms with Crippen molar-refractivity contribution in [2.75, 3.05) is 25.5 Å². The van der Waals surface area contributed by atoms with Gasteiger partial charge in [0.2, 0.25) is 11.9 Å². The zero-order valence-electron chi connectivity index (χ0n) is 23.4. The highest BCUT2D eigenvalue weighted by atomic mass is 16.2. The van der Waals surface area contributed by atoms with Crippen LogP contribution in [0.5, 0.6) is 0 Å². The van der Waals surface area contributed by atoms with E-state index in [1.54, 1.807) is 10.8 Å².